The SMILES string of the molecule is CCCOc1ccc(N2C(=O)C(=O)N(CC(=O)c3cc(C)n(C(C)C)c3C)C2=O)cc1OCCC. The molecule has 1 fully saturated rings. The molecule has 9 heteroatoms. The molecule has 3 rings (SSSR count). The minimum Gasteiger partial charge on any atom is -0.490 e. The van der Waals surface area contributed by atoms with Crippen molar-refractivity contribution < 1.29 is 28.7 Å². The van der Waals surface area contributed by atoms with Crippen LogP contribution < -0.4 is 14.4 Å². The second kappa shape index (κ2) is 10.8. The summed E-state index contributed by atoms with van der Waals surface area (Å²) >= 11 is 0. The van der Waals surface area contributed by atoms with Crippen molar-refractivity contribution >= 4 is 29.3 Å². The number of amides is 4. The monoisotopic (exact) mass is 483 g/mol. The highest BCUT2D eigenvalue weighted by Gasteiger charge is 2.46. The molecule has 4 amide bonds. The van der Waals surface area contributed by atoms with Crippen LogP contribution in [-0.4, -0.2) is 52.9 Å². The zero-order valence-corrected chi connectivity index (χ0v) is 21.2. The maximum absolute atomic E-state index is 13.1. The molecule has 1 aliphatic heterocycles. The standard InChI is InChI=1S/C26H33N3O6/c1-7-11-34-22-10-9-19(14-23(22)35-12-8-2)29-25(32)24(31)27(26(29)33)15-21(30)20-13-17(5)28(16(3)4)18(20)6/h9-10,13-14,16H,7-8,11-12,15H2,1-6H3. The van der Waals surface area contributed by atoms with Gasteiger partial charge < -0.3 is 14.0 Å². The number of Topliss-reactive ketones (excluding diaryl/α,β-unsaturated/α-hetero) is 1. The van der Waals surface area contributed by atoms with Crippen molar-refractivity contribution in [3.63, 3.8) is 0 Å². The number of anilines is 1. The highest BCUT2D eigenvalue weighted by molar-refractivity contribution is 6.53. The Bertz CT molecular complexity index is 1150. The van der Waals surface area contributed by atoms with Gasteiger partial charge in [0.2, 0.25) is 0 Å². The van der Waals surface area contributed by atoms with E-state index in [1.807, 2.05) is 46.1 Å². The molecule has 2 aromatic rings. The number of aromatic nitrogens is 1. The van der Waals surface area contributed by atoms with Gasteiger partial charge >= 0.3 is 17.8 Å². The summed E-state index contributed by atoms with van der Waals surface area (Å²) in [5.74, 6) is -1.59. The highest BCUT2D eigenvalue weighted by Crippen LogP contribution is 2.34. The second-order valence-electron chi connectivity index (χ2n) is 8.81. The molecule has 1 aromatic carbocycles. The average molecular weight is 484 g/mol. The number of benzene rings is 1. The quantitative estimate of drug-likeness (QED) is 0.266. The van der Waals surface area contributed by atoms with Crippen LogP contribution in [0.1, 0.15) is 68.3 Å². The molecule has 0 radical (unpaired) electrons. The summed E-state index contributed by atoms with van der Waals surface area (Å²) in [5.41, 5.74) is 2.26. The molecule has 0 bridgehead atoms. The smallest absolute Gasteiger partial charge is 0.339 e. The molecule has 0 aliphatic carbocycles. The van der Waals surface area contributed by atoms with Gasteiger partial charge in [0.15, 0.2) is 17.3 Å². The van der Waals surface area contributed by atoms with Crippen LogP contribution in [0.4, 0.5) is 10.5 Å². The number of hydrogen-bond acceptors (Lipinski definition) is 6. The van der Waals surface area contributed by atoms with Gasteiger partial charge in [0.05, 0.1) is 25.4 Å². The van der Waals surface area contributed by atoms with E-state index < -0.39 is 30.2 Å². The lowest BCUT2D eigenvalue weighted by atomic mass is 10.1. The van der Waals surface area contributed by atoms with E-state index in [-0.39, 0.29) is 11.7 Å². The van der Waals surface area contributed by atoms with Crippen LogP contribution in [0.25, 0.3) is 0 Å². The average Bonchev–Trinajstić information content (AvgIpc) is 3.23. The van der Waals surface area contributed by atoms with E-state index in [4.69, 9.17) is 9.47 Å². The van der Waals surface area contributed by atoms with Gasteiger partial charge in [0.25, 0.3) is 0 Å². The van der Waals surface area contributed by atoms with Gasteiger partial charge in [-0.25, -0.2) is 14.6 Å². The molecule has 0 saturated carbocycles. The molecule has 188 valence electrons. The Morgan fingerprint density at radius 1 is 0.914 bits per heavy atom. The Hall–Kier alpha value is -3.62. The molecule has 9 nitrogen and oxygen atoms in total. The van der Waals surface area contributed by atoms with Crippen molar-refractivity contribution in [2.75, 3.05) is 24.7 Å². The number of nitrogens with zero attached hydrogens (tertiary/aromatic N) is 3. The zero-order valence-electron chi connectivity index (χ0n) is 21.2. The summed E-state index contributed by atoms with van der Waals surface area (Å²) in [6.07, 6.45) is 1.56. The number of ketones is 1. The molecule has 0 spiro atoms. The van der Waals surface area contributed by atoms with Gasteiger partial charge in [-0.15, -0.1) is 0 Å². The van der Waals surface area contributed by atoms with E-state index >= 15 is 0 Å². The van der Waals surface area contributed by atoms with Crippen molar-refractivity contribution in [2.45, 2.75) is 60.4 Å². The molecule has 2 heterocycles. The number of aryl methyl sites for hydroxylation is 1. The minimum absolute atomic E-state index is 0.150. The maximum atomic E-state index is 13.1. The first-order valence-electron chi connectivity index (χ1n) is 11.9. The van der Waals surface area contributed by atoms with E-state index in [1.165, 1.54) is 12.1 Å². The third kappa shape index (κ3) is 5.08. The third-order valence-corrected chi connectivity index (χ3v) is 5.77. The minimum atomic E-state index is -1.04. The lowest BCUT2D eigenvalue weighted by Gasteiger charge is -2.18. The zero-order chi connectivity index (χ0) is 25.9. The Morgan fingerprint density at radius 2 is 1.54 bits per heavy atom. The molecule has 1 saturated heterocycles. The molecule has 35 heavy (non-hydrogen) atoms. The summed E-state index contributed by atoms with van der Waals surface area (Å²) in [6.45, 7) is 12.1. The molecule has 0 atom stereocenters. The molecule has 1 aromatic heterocycles. The van der Waals surface area contributed by atoms with Gasteiger partial charge in [-0.3, -0.25) is 14.4 Å². The summed E-state index contributed by atoms with van der Waals surface area (Å²) in [5, 5.41) is 0. The van der Waals surface area contributed by atoms with Crippen molar-refractivity contribution in [2.24, 2.45) is 0 Å². The van der Waals surface area contributed by atoms with Crippen molar-refractivity contribution in [1.82, 2.24) is 9.47 Å². The third-order valence-electron chi connectivity index (χ3n) is 5.77. The Kier molecular flexibility index (Phi) is 7.99. The van der Waals surface area contributed by atoms with E-state index in [9.17, 15) is 19.2 Å². The van der Waals surface area contributed by atoms with Crippen LogP contribution in [-0.2, 0) is 9.59 Å². The van der Waals surface area contributed by atoms with E-state index in [1.54, 1.807) is 12.1 Å². The summed E-state index contributed by atoms with van der Waals surface area (Å²) in [7, 11) is 0. The van der Waals surface area contributed by atoms with Crippen LogP contribution in [0.15, 0.2) is 24.3 Å². The second-order valence-corrected chi connectivity index (χ2v) is 8.81. The van der Waals surface area contributed by atoms with Gasteiger partial charge in [-0.2, -0.15) is 0 Å². The van der Waals surface area contributed by atoms with Crippen LogP contribution in [0.5, 0.6) is 11.5 Å². The van der Waals surface area contributed by atoms with Crippen molar-refractivity contribution in [3.8, 4) is 11.5 Å². The molecular formula is C26H33N3O6. The number of ether oxygens (including phenoxy) is 2. The number of imide groups is 2. The van der Waals surface area contributed by atoms with Crippen LogP contribution >= 0.6 is 0 Å². The van der Waals surface area contributed by atoms with E-state index in [0.717, 1.165) is 29.1 Å². The normalized spacial score (nSPS) is 13.9. The topological polar surface area (TPSA) is 98.1 Å². The van der Waals surface area contributed by atoms with Gasteiger partial charge in [0.1, 0.15) is 0 Å². The van der Waals surface area contributed by atoms with Gasteiger partial charge in [-0.05, 0) is 58.7 Å². The van der Waals surface area contributed by atoms with E-state index in [0.29, 0.717) is 35.2 Å². The fraction of sp³-hybridized carbons (Fsp3) is 0.462. The molecule has 0 unspecified atom stereocenters. The molecule has 0 N–H and O–H groups in total. The van der Waals surface area contributed by atoms with Crippen LogP contribution in [0.3, 0.4) is 0 Å². The number of rotatable bonds is 11. The Morgan fingerprint density at radius 3 is 2.11 bits per heavy atom. The number of urea groups is 1. The predicted molar refractivity (Wildman–Crippen MR) is 131 cm³/mol. The largest absolute Gasteiger partial charge is 0.490 e. The maximum Gasteiger partial charge on any atom is 0.339 e. The molecular weight excluding hydrogens is 450 g/mol. The van der Waals surface area contributed by atoms with Crippen LogP contribution in [0, 0.1) is 13.8 Å². The first-order valence-corrected chi connectivity index (χ1v) is 11.9. The summed E-state index contributed by atoms with van der Waals surface area (Å²) in [4.78, 5) is 53.1. The Labute approximate surface area is 205 Å². The Balaban J connectivity index is 1.87. The number of hydrogen-bond donors (Lipinski definition) is 0. The van der Waals surface area contributed by atoms with Gasteiger partial charge in [-0.1, -0.05) is 13.8 Å². The van der Waals surface area contributed by atoms with E-state index in [2.05, 4.69) is 0 Å². The summed E-state index contributed by atoms with van der Waals surface area (Å²) in [6, 6.07) is 5.66. The van der Waals surface area contributed by atoms with Gasteiger partial charge in [0, 0.05) is 29.1 Å². The highest BCUT2D eigenvalue weighted by atomic mass is 16.5. The van der Waals surface area contributed by atoms with Crippen molar-refractivity contribution in [3.05, 3.63) is 41.2 Å². The number of carbonyl (C=O) groups is 4. The van der Waals surface area contributed by atoms with Crippen molar-refractivity contribution in [1.29, 1.82) is 0 Å². The number of carbonyl (C=O) groups excluding carboxylic acids is 4. The lowest BCUT2D eigenvalue weighted by molar-refractivity contribution is -0.139. The summed E-state index contributed by atoms with van der Waals surface area (Å²) < 4.78 is 13.5. The fourth-order valence-corrected chi connectivity index (χ4v) is 4.25. The fourth-order valence-electron chi connectivity index (χ4n) is 4.25. The first kappa shape index (κ1) is 26.0. The van der Waals surface area contributed by atoms with Crippen LogP contribution in [0.2, 0.25) is 0 Å². The predicted octanol–water partition coefficient (Wildman–Crippen LogP) is 4.44. The lowest BCUT2D eigenvalue weighted by Crippen LogP contribution is -2.37. The molecule has 1 aliphatic rings. The first-order chi connectivity index (χ1) is 16.6.